The van der Waals surface area contributed by atoms with Crippen molar-refractivity contribution >= 4 is 23.6 Å². The highest BCUT2D eigenvalue weighted by molar-refractivity contribution is 8.03. The van der Waals surface area contributed by atoms with E-state index in [2.05, 4.69) is 21.8 Å². The number of pyridine rings is 1. The van der Waals surface area contributed by atoms with Crippen LogP contribution in [0.4, 0.5) is 0 Å². The molecule has 1 N–H and O–H groups in total. The van der Waals surface area contributed by atoms with Gasteiger partial charge in [0.05, 0.1) is 18.1 Å². The number of rotatable bonds is 7. The molecule has 30 heavy (non-hydrogen) atoms. The number of carbonyl (C=O) groups is 2. The lowest BCUT2D eigenvalue weighted by molar-refractivity contribution is -0.162. The Labute approximate surface area is 177 Å². The lowest BCUT2D eigenvalue weighted by atomic mass is 9.83. The molecule has 2 aromatic rings. The predicted octanol–water partition coefficient (Wildman–Crippen LogP) is 1.52. The number of fused-ring (bicyclic) bond motifs is 1. The van der Waals surface area contributed by atoms with E-state index in [1.807, 2.05) is 23.7 Å². The summed E-state index contributed by atoms with van der Waals surface area (Å²) in [6.07, 6.45) is 4.50. The zero-order valence-electron chi connectivity index (χ0n) is 16.6. The molecule has 10 heteroatoms. The number of aliphatic hydroxyl groups excluding tert-OH is 1. The van der Waals surface area contributed by atoms with Crippen molar-refractivity contribution in [1.82, 2.24) is 24.6 Å². The molecule has 2 aliphatic rings. The number of aromatic nitrogens is 4. The van der Waals surface area contributed by atoms with E-state index in [4.69, 9.17) is 4.74 Å². The van der Waals surface area contributed by atoms with Crippen LogP contribution in [-0.4, -0.2) is 60.4 Å². The van der Waals surface area contributed by atoms with Gasteiger partial charge < -0.3 is 19.3 Å². The van der Waals surface area contributed by atoms with Gasteiger partial charge in [-0.2, -0.15) is 0 Å². The van der Waals surface area contributed by atoms with Crippen LogP contribution in [0.1, 0.15) is 13.3 Å². The fourth-order valence-corrected chi connectivity index (χ4v) is 4.83. The van der Waals surface area contributed by atoms with Crippen molar-refractivity contribution in [2.45, 2.75) is 30.6 Å². The summed E-state index contributed by atoms with van der Waals surface area (Å²) in [5.41, 5.74) is 1.03. The Hall–Kier alpha value is -2.98. The molecule has 1 fully saturated rings. The van der Waals surface area contributed by atoms with Crippen molar-refractivity contribution in [1.29, 1.82) is 0 Å². The molecular weight excluding hydrogens is 406 g/mol. The summed E-state index contributed by atoms with van der Waals surface area (Å²) in [5, 5.41) is 19.0. The lowest BCUT2D eigenvalue weighted by Crippen LogP contribution is -2.61. The van der Waals surface area contributed by atoms with Gasteiger partial charge >= 0.3 is 5.97 Å². The first-order chi connectivity index (χ1) is 14.4. The number of esters is 1. The zero-order valence-corrected chi connectivity index (χ0v) is 17.4. The van der Waals surface area contributed by atoms with Crippen LogP contribution in [0.3, 0.4) is 0 Å². The van der Waals surface area contributed by atoms with E-state index >= 15 is 0 Å². The molecule has 0 aromatic carbocycles. The highest BCUT2D eigenvalue weighted by Gasteiger charge is 2.57. The average molecular weight is 427 g/mol. The number of nitrogens with zero attached hydrogens (tertiary/aromatic N) is 5. The van der Waals surface area contributed by atoms with Gasteiger partial charge in [-0.3, -0.25) is 9.78 Å². The van der Waals surface area contributed by atoms with E-state index in [9.17, 15) is 14.7 Å². The Morgan fingerprint density at radius 3 is 2.97 bits per heavy atom. The predicted molar refractivity (Wildman–Crippen MR) is 109 cm³/mol. The lowest BCUT2D eigenvalue weighted by Gasteiger charge is -2.44. The van der Waals surface area contributed by atoms with Crippen molar-refractivity contribution < 1.29 is 19.4 Å². The van der Waals surface area contributed by atoms with Crippen LogP contribution in [0.5, 0.6) is 0 Å². The summed E-state index contributed by atoms with van der Waals surface area (Å²) in [4.78, 5) is 31.5. The third-order valence-corrected chi connectivity index (χ3v) is 6.33. The van der Waals surface area contributed by atoms with Gasteiger partial charge in [-0.05, 0) is 19.1 Å². The Morgan fingerprint density at radius 2 is 2.30 bits per heavy atom. The number of β-lactam (4-membered cyclic amide) rings is 1. The summed E-state index contributed by atoms with van der Waals surface area (Å²) in [5.74, 6) is -0.756. The maximum atomic E-state index is 12.7. The van der Waals surface area contributed by atoms with Gasteiger partial charge in [0.15, 0.2) is 11.0 Å². The third-order valence-electron chi connectivity index (χ3n) is 5.18. The largest absolute Gasteiger partial charge is 0.457 e. The number of hydrogen-bond acceptors (Lipinski definition) is 8. The molecule has 0 aliphatic carbocycles. The molecule has 0 spiro atoms. The SMILES string of the molecule is C=CCOC(=O)C1=C(Sc2nnc(-c3cccnc3)n2C)C[C@@H]2[C@@H]([C@@H](C)O)C(=O)N12. The Morgan fingerprint density at radius 1 is 1.50 bits per heavy atom. The minimum atomic E-state index is -0.791. The van der Waals surface area contributed by atoms with Gasteiger partial charge in [0, 0.05) is 36.3 Å². The molecule has 1 amide bonds. The van der Waals surface area contributed by atoms with Gasteiger partial charge in [0.2, 0.25) is 5.91 Å². The van der Waals surface area contributed by atoms with Crippen molar-refractivity contribution in [3.8, 4) is 11.4 Å². The van der Waals surface area contributed by atoms with Crippen molar-refractivity contribution in [3.63, 3.8) is 0 Å². The minimum absolute atomic E-state index is 0.0436. The monoisotopic (exact) mass is 427 g/mol. The van der Waals surface area contributed by atoms with Gasteiger partial charge in [0.1, 0.15) is 12.3 Å². The molecule has 9 nitrogen and oxygen atoms in total. The summed E-state index contributed by atoms with van der Waals surface area (Å²) >= 11 is 1.27. The van der Waals surface area contributed by atoms with Crippen molar-refractivity contribution in [2.24, 2.45) is 13.0 Å². The van der Waals surface area contributed by atoms with Gasteiger partial charge in [-0.25, -0.2) is 4.79 Å². The molecule has 2 aromatic heterocycles. The highest BCUT2D eigenvalue weighted by Crippen LogP contribution is 2.48. The normalized spacial score (nSPS) is 21.3. The summed E-state index contributed by atoms with van der Waals surface area (Å²) in [6, 6.07) is 3.44. The molecule has 2 aliphatic heterocycles. The van der Waals surface area contributed by atoms with Crippen LogP contribution in [0, 0.1) is 5.92 Å². The van der Waals surface area contributed by atoms with Crippen LogP contribution in [-0.2, 0) is 21.4 Å². The van der Waals surface area contributed by atoms with Crippen LogP contribution in [0.2, 0.25) is 0 Å². The van der Waals surface area contributed by atoms with Crippen LogP contribution >= 0.6 is 11.8 Å². The van der Waals surface area contributed by atoms with E-state index in [-0.39, 0.29) is 24.3 Å². The number of hydrogen-bond donors (Lipinski definition) is 1. The second-order valence-electron chi connectivity index (χ2n) is 7.11. The van der Waals surface area contributed by atoms with Gasteiger partial charge in [-0.15, -0.1) is 10.2 Å². The summed E-state index contributed by atoms with van der Waals surface area (Å²) in [7, 11) is 1.83. The number of carbonyl (C=O) groups excluding carboxylic acids is 2. The maximum absolute atomic E-state index is 12.7. The molecule has 3 atom stereocenters. The smallest absolute Gasteiger partial charge is 0.356 e. The Bertz CT molecular complexity index is 1030. The average Bonchev–Trinajstić information content (AvgIpc) is 3.25. The number of aliphatic hydroxyl groups is 1. The van der Waals surface area contributed by atoms with E-state index in [0.717, 1.165) is 5.56 Å². The van der Waals surface area contributed by atoms with Gasteiger partial charge in [0.25, 0.3) is 0 Å². The van der Waals surface area contributed by atoms with Crippen LogP contribution in [0.25, 0.3) is 11.4 Å². The first kappa shape index (κ1) is 20.3. The highest BCUT2D eigenvalue weighted by atomic mass is 32.2. The number of amides is 1. The first-order valence-corrected chi connectivity index (χ1v) is 10.3. The second kappa shape index (κ2) is 8.04. The Balaban J connectivity index is 1.65. The zero-order chi connectivity index (χ0) is 21.4. The van der Waals surface area contributed by atoms with Crippen LogP contribution in [0.15, 0.2) is 52.9 Å². The van der Waals surface area contributed by atoms with Crippen LogP contribution < -0.4 is 0 Å². The van der Waals surface area contributed by atoms with E-state index in [0.29, 0.717) is 22.3 Å². The van der Waals surface area contributed by atoms with E-state index in [1.165, 1.54) is 22.7 Å². The maximum Gasteiger partial charge on any atom is 0.356 e. The minimum Gasteiger partial charge on any atom is -0.457 e. The number of ether oxygens (including phenoxy) is 1. The first-order valence-electron chi connectivity index (χ1n) is 9.44. The second-order valence-corrected chi connectivity index (χ2v) is 8.18. The summed E-state index contributed by atoms with van der Waals surface area (Å²) in [6.45, 7) is 5.18. The third kappa shape index (κ3) is 3.31. The van der Waals surface area contributed by atoms with E-state index in [1.54, 1.807) is 19.3 Å². The molecule has 0 bridgehead atoms. The fourth-order valence-electron chi connectivity index (χ4n) is 3.78. The number of thioether (sulfide) groups is 1. The quantitative estimate of drug-likeness (QED) is 0.402. The standard InChI is InChI=1S/C20H21N5O4S/c1-4-8-29-19(28)16-14(9-13-15(11(2)26)18(27)25(13)16)30-20-23-22-17(24(20)3)12-6-5-7-21-10-12/h4-7,10-11,13,15,26H,1,8-9H2,2-3H3/t11-,13-,15-/m1/s1. The molecular formula is C20H21N5O4S. The van der Waals surface area contributed by atoms with E-state index < -0.39 is 18.0 Å². The molecule has 1 saturated heterocycles. The molecule has 156 valence electrons. The molecule has 4 heterocycles. The molecule has 0 saturated carbocycles. The molecule has 4 rings (SSSR count). The van der Waals surface area contributed by atoms with Crippen molar-refractivity contribution in [3.05, 3.63) is 47.8 Å². The van der Waals surface area contributed by atoms with Crippen molar-refractivity contribution in [2.75, 3.05) is 6.61 Å². The molecule has 0 unspecified atom stereocenters. The fraction of sp³-hybridized carbons (Fsp3) is 0.350. The summed E-state index contributed by atoms with van der Waals surface area (Å²) < 4.78 is 7.02. The Kier molecular flexibility index (Phi) is 5.44. The topological polar surface area (TPSA) is 110 Å². The van der Waals surface area contributed by atoms with Gasteiger partial charge in [-0.1, -0.05) is 24.4 Å². The molecule has 0 radical (unpaired) electrons.